The third-order valence-corrected chi connectivity index (χ3v) is 3.45. The molecule has 0 fully saturated rings. The van der Waals surface area contributed by atoms with Gasteiger partial charge in [-0.05, 0) is 19.1 Å². The minimum absolute atomic E-state index is 0.0386. The fraction of sp³-hybridized carbons (Fsp3) is 0.312. The number of carbonyl (C=O) groups is 1. The summed E-state index contributed by atoms with van der Waals surface area (Å²) in [6.07, 6.45) is 2.98. The summed E-state index contributed by atoms with van der Waals surface area (Å²) in [5.74, 6) is 0.339. The molecular weight excluding hydrogens is 324 g/mol. The van der Waals surface area contributed by atoms with E-state index in [2.05, 4.69) is 25.6 Å². The van der Waals surface area contributed by atoms with Gasteiger partial charge in [0.05, 0.1) is 24.6 Å². The van der Waals surface area contributed by atoms with E-state index >= 15 is 0 Å². The number of amides is 1. The summed E-state index contributed by atoms with van der Waals surface area (Å²) in [7, 11) is 0. The molecule has 0 saturated heterocycles. The Balaban J connectivity index is 1.68. The summed E-state index contributed by atoms with van der Waals surface area (Å²) in [6.45, 7) is 4.60. The molecule has 0 aliphatic carbocycles. The van der Waals surface area contributed by atoms with E-state index in [1.807, 2.05) is 31.2 Å². The summed E-state index contributed by atoms with van der Waals surface area (Å²) >= 11 is 0. The van der Waals surface area contributed by atoms with Gasteiger partial charge in [-0.2, -0.15) is 5.10 Å². The highest BCUT2D eigenvalue weighted by Gasteiger charge is 2.18. The van der Waals surface area contributed by atoms with E-state index in [4.69, 9.17) is 9.15 Å². The Bertz CT molecular complexity index is 830. The Kier molecular flexibility index (Phi) is 5.03. The lowest BCUT2D eigenvalue weighted by molar-refractivity contribution is -0.119. The molecule has 0 saturated carbocycles. The largest absolute Gasteiger partial charge is 0.493 e. The smallest absolute Gasteiger partial charge is 0.322 e. The average molecular weight is 342 g/mol. The monoisotopic (exact) mass is 342 g/mol. The van der Waals surface area contributed by atoms with Gasteiger partial charge in [-0.25, -0.2) is 4.98 Å². The van der Waals surface area contributed by atoms with Crippen LogP contribution in [0.2, 0.25) is 0 Å². The van der Waals surface area contributed by atoms with Crippen LogP contribution in [0.4, 0.5) is 6.01 Å². The number of nitrogens with one attached hydrogen (secondary N) is 1. The van der Waals surface area contributed by atoms with Gasteiger partial charge < -0.3 is 9.15 Å². The Morgan fingerprint density at radius 3 is 2.96 bits per heavy atom. The fourth-order valence-electron chi connectivity index (χ4n) is 2.23. The summed E-state index contributed by atoms with van der Waals surface area (Å²) in [6, 6.07) is 7.38. The second kappa shape index (κ2) is 7.56. The van der Waals surface area contributed by atoms with Crippen molar-refractivity contribution in [1.29, 1.82) is 0 Å². The number of para-hydroxylation sites is 1. The van der Waals surface area contributed by atoms with E-state index in [0.29, 0.717) is 24.5 Å². The van der Waals surface area contributed by atoms with E-state index in [1.54, 1.807) is 17.9 Å². The molecule has 1 aromatic carbocycles. The predicted molar refractivity (Wildman–Crippen MR) is 88.7 cm³/mol. The van der Waals surface area contributed by atoms with Crippen molar-refractivity contribution < 1.29 is 13.9 Å². The molecule has 3 aromatic rings. The van der Waals surface area contributed by atoms with Gasteiger partial charge in [-0.1, -0.05) is 24.2 Å². The third-order valence-electron chi connectivity index (χ3n) is 3.45. The van der Waals surface area contributed by atoms with Crippen LogP contribution in [0.15, 0.2) is 41.3 Å². The zero-order valence-electron chi connectivity index (χ0n) is 13.9. The molecule has 1 amide bonds. The van der Waals surface area contributed by atoms with Crippen LogP contribution >= 0.6 is 0 Å². The Labute approximate surface area is 144 Å². The molecule has 0 bridgehead atoms. The summed E-state index contributed by atoms with van der Waals surface area (Å²) in [4.78, 5) is 16.1. The van der Waals surface area contributed by atoms with Crippen LogP contribution in [0, 0.1) is 5.92 Å². The zero-order chi connectivity index (χ0) is 17.6. The van der Waals surface area contributed by atoms with Crippen LogP contribution in [0.3, 0.4) is 0 Å². The molecule has 0 radical (unpaired) electrons. The Morgan fingerprint density at radius 2 is 2.20 bits per heavy atom. The lowest BCUT2D eigenvalue weighted by atomic mass is 10.2. The highest BCUT2D eigenvalue weighted by atomic mass is 16.5. The minimum atomic E-state index is -0.340. The zero-order valence-corrected chi connectivity index (χ0v) is 13.9. The molecule has 3 rings (SSSR count). The standard InChI is InChI=1S/C16H18N6O3/c1-3-24-13-7-5-4-6-12(13)15-20-21-16(25-15)19-14(23)11(2)8-22-10-17-9-18-22/h4-7,9-11H,3,8H2,1-2H3,(H,19,21,23). The first-order valence-electron chi connectivity index (χ1n) is 7.86. The summed E-state index contributed by atoms with van der Waals surface area (Å²) < 4.78 is 12.7. The van der Waals surface area contributed by atoms with Crippen LogP contribution in [-0.2, 0) is 11.3 Å². The fourth-order valence-corrected chi connectivity index (χ4v) is 2.23. The minimum Gasteiger partial charge on any atom is -0.493 e. The molecule has 1 unspecified atom stereocenters. The quantitative estimate of drug-likeness (QED) is 0.699. The van der Waals surface area contributed by atoms with Gasteiger partial charge in [0.1, 0.15) is 18.4 Å². The second-order valence-electron chi connectivity index (χ2n) is 5.35. The van der Waals surface area contributed by atoms with Gasteiger partial charge in [-0.3, -0.25) is 14.8 Å². The van der Waals surface area contributed by atoms with Crippen molar-refractivity contribution in [3.63, 3.8) is 0 Å². The lowest BCUT2D eigenvalue weighted by Crippen LogP contribution is -2.24. The molecule has 1 atom stereocenters. The molecule has 1 N–H and O–H groups in total. The average Bonchev–Trinajstić information content (AvgIpc) is 3.27. The normalized spacial score (nSPS) is 11.9. The first kappa shape index (κ1) is 16.6. The van der Waals surface area contributed by atoms with Crippen LogP contribution in [0.1, 0.15) is 13.8 Å². The number of carbonyl (C=O) groups excluding carboxylic acids is 1. The maximum absolute atomic E-state index is 12.2. The van der Waals surface area contributed by atoms with Crippen molar-refractivity contribution in [1.82, 2.24) is 25.0 Å². The first-order chi connectivity index (χ1) is 12.2. The van der Waals surface area contributed by atoms with Gasteiger partial charge in [-0.15, -0.1) is 5.10 Å². The highest BCUT2D eigenvalue weighted by molar-refractivity contribution is 5.90. The molecule has 0 aliphatic rings. The number of hydrogen-bond donors (Lipinski definition) is 1. The molecule has 9 heteroatoms. The Morgan fingerprint density at radius 1 is 1.36 bits per heavy atom. The Hall–Kier alpha value is -3.23. The van der Waals surface area contributed by atoms with E-state index in [0.717, 1.165) is 0 Å². The number of aromatic nitrogens is 5. The van der Waals surface area contributed by atoms with Gasteiger partial charge in [0, 0.05) is 0 Å². The topological polar surface area (TPSA) is 108 Å². The number of rotatable bonds is 7. The molecule has 2 aromatic heterocycles. The highest BCUT2D eigenvalue weighted by Crippen LogP contribution is 2.29. The number of anilines is 1. The van der Waals surface area contributed by atoms with Gasteiger partial charge in [0.2, 0.25) is 5.91 Å². The molecule has 9 nitrogen and oxygen atoms in total. The van der Waals surface area contributed by atoms with Crippen LogP contribution < -0.4 is 10.1 Å². The maximum atomic E-state index is 12.2. The van der Waals surface area contributed by atoms with Crippen molar-refractivity contribution in [2.24, 2.45) is 5.92 Å². The summed E-state index contributed by atoms with van der Waals surface area (Å²) in [5.41, 5.74) is 0.674. The van der Waals surface area contributed by atoms with Crippen LogP contribution in [0.5, 0.6) is 5.75 Å². The predicted octanol–water partition coefficient (Wildman–Crippen LogP) is 2.00. The SMILES string of the molecule is CCOc1ccccc1-c1nnc(NC(=O)C(C)Cn2cncn2)o1. The van der Waals surface area contributed by atoms with Gasteiger partial charge in [0.25, 0.3) is 5.89 Å². The molecule has 2 heterocycles. The van der Waals surface area contributed by atoms with Crippen molar-refractivity contribution in [3.05, 3.63) is 36.9 Å². The number of nitrogens with zero attached hydrogens (tertiary/aromatic N) is 5. The summed E-state index contributed by atoms with van der Waals surface area (Å²) in [5, 5.41) is 14.4. The molecule has 130 valence electrons. The van der Waals surface area contributed by atoms with E-state index in [-0.39, 0.29) is 23.7 Å². The van der Waals surface area contributed by atoms with Crippen LogP contribution in [-0.4, -0.2) is 37.5 Å². The molecule has 0 spiro atoms. The van der Waals surface area contributed by atoms with Gasteiger partial charge in [0.15, 0.2) is 0 Å². The van der Waals surface area contributed by atoms with E-state index < -0.39 is 0 Å². The van der Waals surface area contributed by atoms with Crippen molar-refractivity contribution in [2.45, 2.75) is 20.4 Å². The molecule has 0 aliphatic heterocycles. The molecule has 25 heavy (non-hydrogen) atoms. The number of benzene rings is 1. The lowest BCUT2D eigenvalue weighted by Gasteiger charge is -2.09. The molecular formula is C16H18N6O3. The first-order valence-corrected chi connectivity index (χ1v) is 7.86. The van der Waals surface area contributed by atoms with Crippen LogP contribution in [0.25, 0.3) is 11.5 Å². The van der Waals surface area contributed by atoms with E-state index in [1.165, 1.54) is 6.33 Å². The van der Waals surface area contributed by atoms with E-state index in [9.17, 15) is 4.79 Å². The maximum Gasteiger partial charge on any atom is 0.322 e. The number of hydrogen-bond acceptors (Lipinski definition) is 7. The van der Waals surface area contributed by atoms with Crippen molar-refractivity contribution in [2.75, 3.05) is 11.9 Å². The van der Waals surface area contributed by atoms with Crippen molar-refractivity contribution in [3.8, 4) is 17.2 Å². The second-order valence-corrected chi connectivity index (χ2v) is 5.35. The third kappa shape index (κ3) is 4.00. The van der Waals surface area contributed by atoms with Gasteiger partial charge >= 0.3 is 6.01 Å². The number of ether oxygens (including phenoxy) is 1. The van der Waals surface area contributed by atoms with Crippen molar-refractivity contribution >= 4 is 11.9 Å².